The molecule has 1 aromatic rings. The molecule has 1 saturated carbocycles. The van der Waals surface area contributed by atoms with Crippen molar-refractivity contribution < 1.29 is 0 Å². The zero-order valence-corrected chi connectivity index (χ0v) is 10.4. The van der Waals surface area contributed by atoms with Crippen molar-refractivity contribution in [2.75, 3.05) is 7.05 Å². The minimum Gasteiger partial charge on any atom is -0.313 e. The van der Waals surface area contributed by atoms with Crippen LogP contribution in [0, 0.1) is 5.92 Å². The third kappa shape index (κ3) is 2.85. The fourth-order valence-corrected chi connectivity index (χ4v) is 2.80. The van der Waals surface area contributed by atoms with E-state index in [4.69, 9.17) is 0 Å². The molecule has 1 fully saturated rings. The number of aromatic nitrogens is 2. The Morgan fingerprint density at radius 3 is 2.81 bits per heavy atom. The number of nitrogens with zero attached hydrogens (tertiary/aromatic N) is 2. The molecular formula is C13H23N3. The van der Waals surface area contributed by atoms with Crippen LogP contribution in [-0.4, -0.2) is 16.8 Å². The predicted octanol–water partition coefficient (Wildman–Crippen LogP) is 2.65. The van der Waals surface area contributed by atoms with E-state index in [1.807, 2.05) is 25.0 Å². The molecule has 1 heterocycles. The highest BCUT2D eigenvalue weighted by Crippen LogP contribution is 2.31. The van der Waals surface area contributed by atoms with Crippen LogP contribution in [0.1, 0.15) is 50.1 Å². The maximum Gasteiger partial charge on any atom is 0.0537 e. The summed E-state index contributed by atoms with van der Waals surface area (Å²) in [5.74, 6) is 0.979. The lowest BCUT2D eigenvalue weighted by molar-refractivity contribution is 0.427. The Kier molecular flexibility index (Phi) is 3.99. The molecule has 0 bridgehead atoms. The van der Waals surface area contributed by atoms with Crippen LogP contribution < -0.4 is 5.32 Å². The van der Waals surface area contributed by atoms with Gasteiger partial charge in [-0.05, 0) is 25.8 Å². The van der Waals surface area contributed by atoms with Crippen LogP contribution in [0.2, 0.25) is 0 Å². The zero-order valence-electron chi connectivity index (χ0n) is 10.4. The number of aryl methyl sites for hydroxylation is 1. The molecule has 3 nitrogen and oxygen atoms in total. The van der Waals surface area contributed by atoms with Gasteiger partial charge in [-0.15, -0.1) is 0 Å². The minimum absolute atomic E-state index is 0.481. The van der Waals surface area contributed by atoms with Gasteiger partial charge in [-0.25, -0.2) is 0 Å². The van der Waals surface area contributed by atoms with E-state index >= 15 is 0 Å². The fraction of sp³-hybridized carbons (Fsp3) is 0.769. The SMILES string of the molecule is CNC(CCC1CCCC1)c1cnn(C)c1. The van der Waals surface area contributed by atoms with Crippen molar-refractivity contribution in [2.45, 2.75) is 44.6 Å². The van der Waals surface area contributed by atoms with Gasteiger partial charge in [-0.3, -0.25) is 4.68 Å². The first-order chi connectivity index (χ1) is 7.79. The molecule has 0 saturated heterocycles. The molecule has 1 aromatic heterocycles. The largest absolute Gasteiger partial charge is 0.313 e. The van der Waals surface area contributed by atoms with E-state index in [1.165, 1.54) is 44.1 Å². The van der Waals surface area contributed by atoms with Crippen LogP contribution in [0.3, 0.4) is 0 Å². The minimum atomic E-state index is 0.481. The quantitative estimate of drug-likeness (QED) is 0.828. The molecule has 1 aliphatic carbocycles. The number of hydrogen-bond donors (Lipinski definition) is 1. The van der Waals surface area contributed by atoms with E-state index in [-0.39, 0.29) is 0 Å². The second-order valence-corrected chi connectivity index (χ2v) is 5.02. The Morgan fingerprint density at radius 1 is 1.50 bits per heavy atom. The molecule has 0 aliphatic heterocycles. The van der Waals surface area contributed by atoms with E-state index in [0.29, 0.717) is 6.04 Å². The second kappa shape index (κ2) is 5.48. The van der Waals surface area contributed by atoms with Gasteiger partial charge >= 0.3 is 0 Å². The van der Waals surface area contributed by atoms with Crippen LogP contribution in [0.25, 0.3) is 0 Å². The van der Waals surface area contributed by atoms with Crippen molar-refractivity contribution in [3.05, 3.63) is 18.0 Å². The summed E-state index contributed by atoms with van der Waals surface area (Å²) in [6.07, 6.45) is 12.5. The van der Waals surface area contributed by atoms with Crippen molar-refractivity contribution in [3.63, 3.8) is 0 Å². The van der Waals surface area contributed by atoms with Crippen molar-refractivity contribution in [3.8, 4) is 0 Å². The Morgan fingerprint density at radius 2 is 2.25 bits per heavy atom. The highest BCUT2D eigenvalue weighted by molar-refractivity contribution is 5.09. The zero-order chi connectivity index (χ0) is 11.4. The van der Waals surface area contributed by atoms with Crippen molar-refractivity contribution in [1.29, 1.82) is 0 Å². The molecule has 3 heteroatoms. The third-order valence-corrected chi connectivity index (χ3v) is 3.81. The van der Waals surface area contributed by atoms with E-state index in [2.05, 4.69) is 16.6 Å². The van der Waals surface area contributed by atoms with Crippen molar-refractivity contribution >= 4 is 0 Å². The van der Waals surface area contributed by atoms with Gasteiger partial charge in [0.2, 0.25) is 0 Å². The molecular weight excluding hydrogens is 198 g/mol. The van der Waals surface area contributed by atoms with E-state index in [0.717, 1.165) is 5.92 Å². The van der Waals surface area contributed by atoms with Gasteiger partial charge in [0.1, 0.15) is 0 Å². The van der Waals surface area contributed by atoms with E-state index in [1.54, 1.807) is 0 Å². The summed E-state index contributed by atoms with van der Waals surface area (Å²) in [7, 11) is 4.03. The molecule has 0 aromatic carbocycles. The van der Waals surface area contributed by atoms with Crippen molar-refractivity contribution in [1.82, 2.24) is 15.1 Å². The van der Waals surface area contributed by atoms with Crippen LogP contribution in [0.4, 0.5) is 0 Å². The lowest BCUT2D eigenvalue weighted by Crippen LogP contribution is -2.16. The highest BCUT2D eigenvalue weighted by atomic mass is 15.2. The third-order valence-electron chi connectivity index (χ3n) is 3.81. The Hall–Kier alpha value is -0.830. The van der Waals surface area contributed by atoms with Crippen LogP contribution >= 0.6 is 0 Å². The monoisotopic (exact) mass is 221 g/mol. The van der Waals surface area contributed by atoms with Gasteiger partial charge in [0.25, 0.3) is 0 Å². The number of nitrogens with one attached hydrogen (secondary N) is 1. The summed E-state index contributed by atoms with van der Waals surface area (Å²) in [6, 6.07) is 0.481. The normalized spacial score (nSPS) is 19.1. The van der Waals surface area contributed by atoms with Crippen LogP contribution in [0.15, 0.2) is 12.4 Å². The van der Waals surface area contributed by atoms with Gasteiger partial charge in [-0.1, -0.05) is 25.7 Å². The number of rotatable bonds is 5. The molecule has 2 rings (SSSR count). The maximum atomic E-state index is 4.24. The van der Waals surface area contributed by atoms with Gasteiger partial charge in [0.05, 0.1) is 6.20 Å². The Balaban J connectivity index is 1.85. The smallest absolute Gasteiger partial charge is 0.0537 e. The second-order valence-electron chi connectivity index (χ2n) is 5.02. The molecule has 1 atom stereocenters. The summed E-state index contributed by atoms with van der Waals surface area (Å²) < 4.78 is 1.88. The summed E-state index contributed by atoms with van der Waals surface area (Å²) in [4.78, 5) is 0. The first-order valence-electron chi connectivity index (χ1n) is 6.45. The molecule has 90 valence electrons. The highest BCUT2D eigenvalue weighted by Gasteiger charge is 2.18. The average Bonchev–Trinajstić information content (AvgIpc) is 2.91. The maximum absolute atomic E-state index is 4.24. The predicted molar refractivity (Wildman–Crippen MR) is 66.2 cm³/mol. The molecule has 16 heavy (non-hydrogen) atoms. The first kappa shape index (κ1) is 11.6. The topological polar surface area (TPSA) is 29.9 Å². The summed E-state index contributed by atoms with van der Waals surface area (Å²) >= 11 is 0. The molecule has 1 N–H and O–H groups in total. The number of hydrogen-bond acceptors (Lipinski definition) is 2. The molecule has 1 aliphatic rings. The summed E-state index contributed by atoms with van der Waals surface area (Å²) in [5.41, 5.74) is 1.32. The average molecular weight is 221 g/mol. The first-order valence-corrected chi connectivity index (χ1v) is 6.45. The van der Waals surface area contributed by atoms with Crippen LogP contribution in [0.5, 0.6) is 0 Å². The summed E-state index contributed by atoms with van der Waals surface area (Å²) in [6.45, 7) is 0. The van der Waals surface area contributed by atoms with Crippen molar-refractivity contribution in [2.24, 2.45) is 13.0 Å². The molecule has 0 amide bonds. The van der Waals surface area contributed by atoms with Gasteiger partial charge in [-0.2, -0.15) is 5.10 Å². The van der Waals surface area contributed by atoms with Gasteiger partial charge in [0.15, 0.2) is 0 Å². The van der Waals surface area contributed by atoms with E-state index < -0.39 is 0 Å². The Bertz CT molecular complexity index is 313. The Labute approximate surface area is 98.2 Å². The van der Waals surface area contributed by atoms with Gasteiger partial charge < -0.3 is 5.32 Å². The van der Waals surface area contributed by atoms with E-state index in [9.17, 15) is 0 Å². The molecule has 0 spiro atoms. The van der Waals surface area contributed by atoms with Gasteiger partial charge in [0, 0.05) is 24.8 Å². The summed E-state index contributed by atoms with van der Waals surface area (Å²) in [5, 5.41) is 7.64. The van der Waals surface area contributed by atoms with Crippen LogP contribution in [-0.2, 0) is 7.05 Å². The molecule has 0 radical (unpaired) electrons. The lowest BCUT2D eigenvalue weighted by Gasteiger charge is -2.16. The lowest BCUT2D eigenvalue weighted by atomic mass is 9.96. The standard InChI is InChI=1S/C13H23N3/c1-14-13(12-9-15-16(2)10-12)8-7-11-5-3-4-6-11/h9-11,13-14H,3-8H2,1-2H3. The fourth-order valence-electron chi connectivity index (χ4n) is 2.80. The molecule has 1 unspecified atom stereocenters.